The van der Waals surface area contributed by atoms with E-state index in [1.807, 2.05) is 61.5 Å². The standard InChI is InChI=1S/C32H37N5O4S/c1-23(34-22-30(38)28-12-15-31(33)35-21-28)16-26-8-5-9-27(17-26)18-32(39)36-19-25-10-13-29(14-11-25)42(40,41)37-20-24-6-3-2-4-7-24/h2-15,17,21,23,30,34,37-38H,16,18-20,22H2,1H3,(H2,33,35)(H,36,39)/t23-,30-/m1/s1. The van der Waals surface area contributed by atoms with E-state index in [0.717, 1.165) is 28.7 Å². The topological polar surface area (TPSA) is 146 Å². The molecule has 6 N–H and O–H groups in total. The molecule has 0 radical (unpaired) electrons. The van der Waals surface area contributed by atoms with Gasteiger partial charge in [0.25, 0.3) is 0 Å². The summed E-state index contributed by atoms with van der Waals surface area (Å²) in [7, 11) is -3.64. The lowest BCUT2D eigenvalue weighted by molar-refractivity contribution is -0.120. The first kappa shape index (κ1) is 30.9. The van der Waals surface area contributed by atoms with Crippen LogP contribution in [0.4, 0.5) is 5.82 Å². The van der Waals surface area contributed by atoms with Crippen molar-refractivity contribution in [1.29, 1.82) is 0 Å². The number of aliphatic hydroxyl groups is 1. The van der Waals surface area contributed by atoms with Crippen molar-refractivity contribution in [3.63, 3.8) is 0 Å². The average molecular weight is 588 g/mol. The van der Waals surface area contributed by atoms with Crippen molar-refractivity contribution in [3.05, 3.63) is 125 Å². The molecule has 0 saturated carbocycles. The van der Waals surface area contributed by atoms with Crippen LogP contribution in [0, 0.1) is 0 Å². The first-order valence-corrected chi connectivity index (χ1v) is 15.3. The third-order valence-corrected chi connectivity index (χ3v) is 8.20. The van der Waals surface area contributed by atoms with E-state index in [2.05, 4.69) is 20.3 Å². The van der Waals surface area contributed by atoms with Gasteiger partial charge >= 0.3 is 0 Å². The number of carbonyl (C=O) groups is 1. The summed E-state index contributed by atoms with van der Waals surface area (Å²) in [5, 5.41) is 16.6. The number of nitrogen functional groups attached to an aromatic ring is 1. The van der Waals surface area contributed by atoms with Crippen molar-refractivity contribution < 1.29 is 18.3 Å². The predicted octanol–water partition coefficient (Wildman–Crippen LogP) is 3.26. The van der Waals surface area contributed by atoms with Crippen LogP contribution in [0.2, 0.25) is 0 Å². The molecule has 4 rings (SSSR count). The van der Waals surface area contributed by atoms with E-state index >= 15 is 0 Å². The third kappa shape index (κ3) is 9.49. The van der Waals surface area contributed by atoms with Gasteiger partial charge in [0.05, 0.1) is 17.4 Å². The number of aliphatic hydroxyl groups excluding tert-OH is 1. The molecule has 3 aromatic carbocycles. The number of rotatable bonds is 14. The van der Waals surface area contributed by atoms with E-state index in [1.165, 1.54) is 0 Å². The second kappa shape index (κ2) is 14.7. The van der Waals surface area contributed by atoms with Gasteiger partial charge in [-0.2, -0.15) is 0 Å². The summed E-state index contributed by atoms with van der Waals surface area (Å²) in [6.07, 6.45) is 1.85. The molecule has 1 heterocycles. The zero-order chi connectivity index (χ0) is 30.0. The number of anilines is 1. The fourth-order valence-corrected chi connectivity index (χ4v) is 5.45. The van der Waals surface area contributed by atoms with Crippen molar-refractivity contribution in [1.82, 2.24) is 20.3 Å². The van der Waals surface area contributed by atoms with E-state index in [1.54, 1.807) is 42.6 Å². The molecular weight excluding hydrogens is 550 g/mol. The van der Waals surface area contributed by atoms with Gasteiger partial charge in [-0.05, 0) is 53.8 Å². The highest BCUT2D eigenvalue weighted by molar-refractivity contribution is 7.89. The van der Waals surface area contributed by atoms with E-state index in [9.17, 15) is 18.3 Å². The van der Waals surface area contributed by atoms with Gasteiger partial charge in [-0.1, -0.05) is 72.8 Å². The van der Waals surface area contributed by atoms with Gasteiger partial charge in [-0.15, -0.1) is 0 Å². The number of pyridine rings is 1. The summed E-state index contributed by atoms with van der Waals surface area (Å²) in [5.74, 6) is 0.287. The van der Waals surface area contributed by atoms with E-state index in [0.29, 0.717) is 24.5 Å². The molecule has 2 atom stereocenters. The van der Waals surface area contributed by atoms with Crippen molar-refractivity contribution in [2.45, 2.75) is 49.9 Å². The normalized spacial score (nSPS) is 12.9. The second-order valence-electron chi connectivity index (χ2n) is 10.3. The average Bonchev–Trinajstić information content (AvgIpc) is 2.99. The molecule has 0 spiro atoms. The maximum Gasteiger partial charge on any atom is 0.240 e. The summed E-state index contributed by atoms with van der Waals surface area (Å²) in [6.45, 7) is 2.93. The van der Waals surface area contributed by atoms with Gasteiger partial charge in [0.2, 0.25) is 15.9 Å². The molecule has 42 heavy (non-hydrogen) atoms. The SMILES string of the molecule is C[C@H](Cc1cccc(CC(=O)NCc2ccc(S(=O)(=O)NCc3ccccc3)cc2)c1)NC[C@@H](O)c1ccc(N)nc1. The minimum atomic E-state index is -3.64. The first-order valence-electron chi connectivity index (χ1n) is 13.8. The molecule has 1 aromatic heterocycles. The van der Waals surface area contributed by atoms with Crippen LogP contribution in [0.3, 0.4) is 0 Å². The number of nitrogens with one attached hydrogen (secondary N) is 3. The van der Waals surface area contributed by atoms with Crippen LogP contribution in [-0.4, -0.2) is 37.0 Å². The summed E-state index contributed by atoms with van der Waals surface area (Å²) >= 11 is 0. The highest BCUT2D eigenvalue weighted by Gasteiger charge is 2.14. The Hall–Kier alpha value is -4.09. The zero-order valence-electron chi connectivity index (χ0n) is 23.5. The Kier molecular flexibility index (Phi) is 10.8. The number of benzene rings is 3. The molecule has 0 bridgehead atoms. The summed E-state index contributed by atoms with van der Waals surface area (Å²) in [4.78, 5) is 16.8. The molecule has 0 aliphatic heterocycles. The molecule has 0 unspecified atom stereocenters. The fraction of sp³-hybridized carbons (Fsp3) is 0.250. The smallest absolute Gasteiger partial charge is 0.240 e. The van der Waals surface area contributed by atoms with Gasteiger partial charge in [-0.25, -0.2) is 18.1 Å². The second-order valence-corrected chi connectivity index (χ2v) is 12.0. The quantitative estimate of drug-likeness (QED) is 0.152. The molecule has 4 aromatic rings. The Bertz CT molecular complexity index is 1550. The zero-order valence-corrected chi connectivity index (χ0v) is 24.3. The van der Waals surface area contributed by atoms with Crippen LogP contribution >= 0.6 is 0 Å². The number of hydrogen-bond donors (Lipinski definition) is 5. The highest BCUT2D eigenvalue weighted by Crippen LogP contribution is 2.14. The van der Waals surface area contributed by atoms with Gasteiger partial charge in [0.1, 0.15) is 5.82 Å². The molecule has 0 aliphatic rings. The Balaban J connectivity index is 1.21. The van der Waals surface area contributed by atoms with Gasteiger partial charge < -0.3 is 21.5 Å². The molecule has 0 aliphatic carbocycles. The first-order chi connectivity index (χ1) is 20.2. The maximum atomic E-state index is 12.6. The highest BCUT2D eigenvalue weighted by atomic mass is 32.2. The molecule has 1 amide bonds. The Labute approximate surface area is 247 Å². The summed E-state index contributed by atoms with van der Waals surface area (Å²) in [6, 6.07) is 27.2. The Morgan fingerprint density at radius 2 is 1.57 bits per heavy atom. The van der Waals surface area contributed by atoms with Crippen molar-refractivity contribution >= 4 is 21.7 Å². The van der Waals surface area contributed by atoms with E-state index in [4.69, 9.17) is 5.73 Å². The van der Waals surface area contributed by atoms with E-state index < -0.39 is 16.1 Å². The number of aromatic nitrogens is 1. The minimum Gasteiger partial charge on any atom is -0.387 e. The largest absolute Gasteiger partial charge is 0.387 e. The lowest BCUT2D eigenvalue weighted by atomic mass is 10.0. The number of carbonyl (C=O) groups excluding carboxylic acids is 1. The van der Waals surface area contributed by atoms with Crippen LogP contribution in [-0.2, 0) is 40.7 Å². The van der Waals surface area contributed by atoms with Crippen LogP contribution in [0.5, 0.6) is 0 Å². The summed E-state index contributed by atoms with van der Waals surface area (Å²) < 4.78 is 27.8. The van der Waals surface area contributed by atoms with Crippen LogP contribution in [0.1, 0.15) is 40.8 Å². The molecular formula is C32H37N5O4S. The Morgan fingerprint density at radius 1 is 0.881 bits per heavy atom. The molecule has 10 heteroatoms. The maximum absolute atomic E-state index is 12.6. The molecule has 0 saturated heterocycles. The number of nitrogens with zero attached hydrogens (tertiary/aromatic N) is 1. The van der Waals surface area contributed by atoms with Crippen LogP contribution < -0.4 is 21.1 Å². The van der Waals surface area contributed by atoms with Gasteiger partial charge in [-0.3, -0.25) is 4.79 Å². The Morgan fingerprint density at radius 3 is 2.29 bits per heavy atom. The van der Waals surface area contributed by atoms with Crippen molar-refractivity contribution in [2.24, 2.45) is 0 Å². The number of sulfonamides is 1. The van der Waals surface area contributed by atoms with E-state index in [-0.39, 0.29) is 29.8 Å². The third-order valence-electron chi connectivity index (χ3n) is 6.78. The van der Waals surface area contributed by atoms with Crippen molar-refractivity contribution in [3.8, 4) is 0 Å². The predicted molar refractivity (Wildman–Crippen MR) is 164 cm³/mol. The fourth-order valence-electron chi connectivity index (χ4n) is 4.43. The van der Waals surface area contributed by atoms with Gasteiger partial charge in [0, 0.05) is 37.4 Å². The lowest BCUT2D eigenvalue weighted by Gasteiger charge is -2.18. The lowest BCUT2D eigenvalue weighted by Crippen LogP contribution is -2.32. The monoisotopic (exact) mass is 587 g/mol. The molecule has 220 valence electrons. The van der Waals surface area contributed by atoms with Crippen LogP contribution in [0.15, 0.2) is 102 Å². The minimum absolute atomic E-state index is 0.103. The molecule has 9 nitrogen and oxygen atoms in total. The van der Waals surface area contributed by atoms with Crippen LogP contribution in [0.25, 0.3) is 0 Å². The number of amides is 1. The number of hydrogen-bond acceptors (Lipinski definition) is 7. The number of nitrogens with two attached hydrogens (primary N) is 1. The molecule has 0 fully saturated rings. The van der Waals surface area contributed by atoms with Gasteiger partial charge in [0.15, 0.2) is 0 Å². The summed E-state index contributed by atoms with van der Waals surface area (Å²) in [5.41, 5.74) is 9.97. The van der Waals surface area contributed by atoms with Crippen molar-refractivity contribution in [2.75, 3.05) is 12.3 Å².